The zero-order valence-electron chi connectivity index (χ0n) is 13.6. The molecule has 1 aliphatic carbocycles. The van der Waals surface area contributed by atoms with Crippen molar-refractivity contribution in [3.63, 3.8) is 0 Å². The first-order valence-corrected chi connectivity index (χ1v) is 7.96. The molecule has 1 aliphatic rings. The van der Waals surface area contributed by atoms with Crippen molar-refractivity contribution in [1.29, 1.82) is 0 Å². The summed E-state index contributed by atoms with van der Waals surface area (Å²) in [5.41, 5.74) is 4.91. The average molecular weight is 322 g/mol. The number of carbonyl (C=O) groups is 1. The highest BCUT2D eigenvalue weighted by Gasteiger charge is 2.25. The van der Waals surface area contributed by atoms with Gasteiger partial charge in [0.1, 0.15) is 11.5 Å². The number of aromatic nitrogens is 3. The van der Waals surface area contributed by atoms with Crippen molar-refractivity contribution >= 4 is 5.91 Å². The van der Waals surface area contributed by atoms with Crippen LogP contribution in [0.5, 0.6) is 0 Å². The highest BCUT2D eigenvalue weighted by molar-refractivity contribution is 5.94. The van der Waals surface area contributed by atoms with Gasteiger partial charge in [-0.25, -0.2) is 0 Å². The van der Waals surface area contributed by atoms with Crippen LogP contribution in [0.2, 0.25) is 0 Å². The lowest BCUT2D eigenvalue weighted by Gasteiger charge is -2.13. The smallest absolute Gasteiger partial charge is 0.254 e. The lowest BCUT2D eigenvalue weighted by atomic mass is 10.0. The molecular weight excluding hydrogens is 304 g/mol. The number of hydrogen-bond acceptors (Lipinski definition) is 4. The maximum Gasteiger partial charge on any atom is 0.254 e. The van der Waals surface area contributed by atoms with Crippen LogP contribution >= 0.6 is 0 Å². The number of fused-ring (bicyclic) bond motifs is 1. The summed E-state index contributed by atoms with van der Waals surface area (Å²) in [6.45, 7) is 1.88. The normalized spacial score (nSPS) is 16.2. The molecule has 0 fully saturated rings. The topological polar surface area (TPSA) is 73.0 Å². The summed E-state index contributed by atoms with van der Waals surface area (Å²) in [4.78, 5) is 12.3. The number of aryl methyl sites for hydroxylation is 3. The Labute approximate surface area is 139 Å². The number of hydrogen-bond donors (Lipinski definition) is 1. The van der Waals surface area contributed by atoms with E-state index < -0.39 is 0 Å². The second kappa shape index (κ2) is 5.63. The Morgan fingerprint density at radius 3 is 2.96 bits per heavy atom. The molecule has 1 N–H and O–H groups in total. The lowest BCUT2D eigenvalue weighted by molar-refractivity contribution is 0.0936. The predicted octanol–water partition coefficient (Wildman–Crippen LogP) is 2.80. The van der Waals surface area contributed by atoms with Gasteiger partial charge in [0, 0.05) is 24.9 Å². The van der Waals surface area contributed by atoms with Gasteiger partial charge in [0.15, 0.2) is 0 Å². The molecule has 3 aromatic rings. The minimum absolute atomic E-state index is 0.0424. The number of benzene rings is 1. The summed E-state index contributed by atoms with van der Waals surface area (Å²) in [6, 6.07) is 8.22. The largest absolute Gasteiger partial charge is 0.361 e. The Balaban J connectivity index is 1.55. The summed E-state index contributed by atoms with van der Waals surface area (Å²) in [5.74, 6) is 0.712. The third kappa shape index (κ3) is 2.60. The molecule has 1 atom stereocenters. The van der Waals surface area contributed by atoms with Crippen molar-refractivity contribution in [2.75, 3.05) is 0 Å². The van der Waals surface area contributed by atoms with Gasteiger partial charge in [-0.3, -0.25) is 9.48 Å². The number of rotatable bonds is 3. The quantitative estimate of drug-likeness (QED) is 0.805. The maximum atomic E-state index is 12.3. The SMILES string of the molecule is Cc1cc(-c2ccc3c(c2)CCC3NC(=O)c2cnn(C)c2)no1. The van der Waals surface area contributed by atoms with Gasteiger partial charge in [0.2, 0.25) is 0 Å². The summed E-state index contributed by atoms with van der Waals surface area (Å²) in [6.07, 6.45) is 5.16. The standard InChI is InChI=1S/C18H18N4O2/c1-11-7-17(21-24-11)13-3-5-15-12(8-13)4-6-16(15)20-18(23)14-9-19-22(2)10-14/h3,5,7-10,16H,4,6H2,1-2H3,(H,20,23). The molecule has 4 rings (SSSR count). The highest BCUT2D eigenvalue weighted by Crippen LogP contribution is 2.34. The fourth-order valence-corrected chi connectivity index (χ4v) is 3.21. The third-order valence-corrected chi connectivity index (χ3v) is 4.42. The molecule has 122 valence electrons. The Morgan fingerprint density at radius 1 is 1.38 bits per heavy atom. The Morgan fingerprint density at radius 2 is 2.25 bits per heavy atom. The molecule has 2 aromatic heterocycles. The molecule has 6 heteroatoms. The zero-order valence-corrected chi connectivity index (χ0v) is 13.6. The van der Waals surface area contributed by atoms with Gasteiger partial charge in [-0.2, -0.15) is 5.10 Å². The summed E-state index contributed by atoms with van der Waals surface area (Å²) >= 11 is 0. The fraction of sp³-hybridized carbons (Fsp3) is 0.278. The fourth-order valence-electron chi connectivity index (χ4n) is 3.21. The number of amides is 1. The molecule has 1 amide bonds. The van der Waals surface area contributed by atoms with E-state index in [1.165, 1.54) is 11.1 Å². The van der Waals surface area contributed by atoms with Gasteiger partial charge >= 0.3 is 0 Å². The first kappa shape index (κ1) is 14.7. The van der Waals surface area contributed by atoms with E-state index in [0.717, 1.165) is 29.9 Å². The van der Waals surface area contributed by atoms with Crippen LogP contribution < -0.4 is 5.32 Å². The average Bonchev–Trinajstić information content (AvgIpc) is 3.28. The summed E-state index contributed by atoms with van der Waals surface area (Å²) in [7, 11) is 1.80. The van der Waals surface area contributed by atoms with Crippen LogP contribution in [0.1, 0.15) is 39.7 Å². The van der Waals surface area contributed by atoms with E-state index in [9.17, 15) is 4.79 Å². The molecule has 0 aliphatic heterocycles. The first-order chi connectivity index (χ1) is 11.6. The van der Waals surface area contributed by atoms with E-state index in [-0.39, 0.29) is 11.9 Å². The van der Waals surface area contributed by atoms with E-state index in [1.54, 1.807) is 24.1 Å². The first-order valence-electron chi connectivity index (χ1n) is 7.96. The van der Waals surface area contributed by atoms with Crippen LogP contribution in [-0.2, 0) is 13.5 Å². The maximum absolute atomic E-state index is 12.3. The molecule has 24 heavy (non-hydrogen) atoms. The highest BCUT2D eigenvalue weighted by atomic mass is 16.5. The number of carbonyl (C=O) groups excluding carboxylic acids is 1. The molecule has 0 bridgehead atoms. The monoisotopic (exact) mass is 322 g/mol. The van der Waals surface area contributed by atoms with Crippen LogP contribution in [0.4, 0.5) is 0 Å². The molecular formula is C18H18N4O2. The van der Waals surface area contributed by atoms with Crippen molar-refractivity contribution in [2.24, 2.45) is 7.05 Å². The molecule has 6 nitrogen and oxygen atoms in total. The minimum Gasteiger partial charge on any atom is -0.361 e. The van der Waals surface area contributed by atoms with Gasteiger partial charge in [-0.15, -0.1) is 0 Å². The number of nitrogens with one attached hydrogen (secondary N) is 1. The molecule has 0 saturated carbocycles. The van der Waals surface area contributed by atoms with Crippen LogP contribution in [0.25, 0.3) is 11.3 Å². The third-order valence-electron chi connectivity index (χ3n) is 4.42. The summed E-state index contributed by atoms with van der Waals surface area (Å²) < 4.78 is 6.78. The zero-order chi connectivity index (χ0) is 16.7. The Hall–Kier alpha value is -2.89. The van der Waals surface area contributed by atoms with Gasteiger partial charge < -0.3 is 9.84 Å². The van der Waals surface area contributed by atoms with Gasteiger partial charge in [0.25, 0.3) is 5.91 Å². The van der Waals surface area contributed by atoms with Crippen LogP contribution in [0.15, 0.2) is 41.2 Å². The van der Waals surface area contributed by atoms with E-state index in [1.807, 2.05) is 19.1 Å². The summed E-state index contributed by atoms with van der Waals surface area (Å²) in [5, 5.41) is 11.2. The molecule has 0 radical (unpaired) electrons. The van der Waals surface area contributed by atoms with Crippen molar-refractivity contribution in [3.05, 3.63) is 59.1 Å². The van der Waals surface area contributed by atoms with E-state index in [2.05, 4.69) is 27.7 Å². The van der Waals surface area contributed by atoms with E-state index in [0.29, 0.717) is 5.56 Å². The van der Waals surface area contributed by atoms with Gasteiger partial charge in [0.05, 0.1) is 17.8 Å². The lowest BCUT2D eigenvalue weighted by Crippen LogP contribution is -2.26. The van der Waals surface area contributed by atoms with Crippen molar-refractivity contribution in [1.82, 2.24) is 20.3 Å². The van der Waals surface area contributed by atoms with Gasteiger partial charge in [-0.05, 0) is 37.0 Å². The van der Waals surface area contributed by atoms with Crippen molar-refractivity contribution in [2.45, 2.75) is 25.8 Å². The second-order valence-electron chi connectivity index (χ2n) is 6.20. The van der Waals surface area contributed by atoms with Crippen LogP contribution in [-0.4, -0.2) is 20.8 Å². The molecule has 1 unspecified atom stereocenters. The van der Waals surface area contributed by atoms with Crippen LogP contribution in [0, 0.1) is 6.92 Å². The van der Waals surface area contributed by atoms with Crippen molar-refractivity contribution < 1.29 is 9.32 Å². The van der Waals surface area contributed by atoms with Crippen molar-refractivity contribution in [3.8, 4) is 11.3 Å². The predicted molar refractivity (Wildman–Crippen MR) is 88.4 cm³/mol. The molecule has 0 spiro atoms. The molecule has 2 heterocycles. The minimum atomic E-state index is -0.0860. The van der Waals surface area contributed by atoms with Crippen LogP contribution in [0.3, 0.4) is 0 Å². The van der Waals surface area contributed by atoms with Gasteiger partial charge in [-0.1, -0.05) is 17.3 Å². The Kier molecular flexibility index (Phi) is 3.45. The second-order valence-corrected chi connectivity index (χ2v) is 6.20. The Bertz CT molecular complexity index is 909. The number of nitrogens with zero attached hydrogens (tertiary/aromatic N) is 3. The molecule has 0 saturated heterocycles. The van der Waals surface area contributed by atoms with E-state index >= 15 is 0 Å². The molecule has 1 aromatic carbocycles. The van der Waals surface area contributed by atoms with E-state index in [4.69, 9.17) is 4.52 Å².